The topological polar surface area (TPSA) is 124 Å². The van der Waals surface area contributed by atoms with E-state index in [9.17, 15) is 10.2 Å². The van der Waals surface area contributed by atoms with Crippen LogP contribution in [0.1, 0.15) is 25.3 Å². The first-order valence-corrected chi connectivity index (χ1v) is 9.81. The molecule has 30 heavy (non-hydrogen) atoms. The fraction of sp³-hybridized carbons (Fsp3) is 0.238. The summed E-state index contributed by atoms with van der Waals surface area (Å²) in [6.07, 6.45) is 5.70. The summed E-state index contributed by atoms with van der Waals surface area (Å²) in [7, 11) is 0. The van der Waals surface area contributed by atoms with Gasteiger partial charge in [0.05, 0.1) is 12.2 Å². The average Bonchev–Trinajstić information content (AvgIpc) is 3.43. The van der Waals surface area contributed by atoms with E-state index >= 15 is 0 Å². The molecule has 0 aliphatic heterocycles. The minimum Gasteiger partial charge on any atom is -0.494 e. The minimum absolute atomic E-state index is 0.120. The first kappa shape index (κ1) is 18.2. The van der Waals surface area contributed by atoms with Crippen LogP contribution in [0.4, 0.5) is 11.6 Å². The second-order valence-corrected chi connectivity index (χ2v) is 7.48. The first-order chi connectivity index (χ1) is 14.6. The zero-order valence-electron chi connectivity index (χ0n) is 16.3. The summed E-state index contributed by atoms with van der Waals surface area (Å²) in [5, 5.41) is 27.9. The highest BCUT2D eigenvalue weighted by Gasteiger charge is 2.27. The molecular weight excluding hydrogens is 382 g/mol. The van der Waals surface area contributed by atoms with E-state index in [1.54, 1.807) is 16.8 Å². The number of hydrogen-bond acceptors (Lipinski definition) is 7. The van der Waals surface area contributed by atoms with Gasteiger partial charge in [0.1, 0.15) is 0 Å². The minimum atomic E-state index is -0.129. The van der Waals surface area contributed by atoms with Gasteiger partial charge < -0.3 is 15.5 Å². The number of hydrogen-bond donors (Lipinski definition) is 4. The maximum absolute atomic E-state index is 9.96. The van der Waals surface area contributed by atoms with Crippen molar-refractivity contribution in [2.24, 2.45) is 10.9 Å². The summed E-state index contributed by atoms with van der Waals surface area (Å²) < 4.78 is 1.60. The predicted octanol–water partition coefficient (Wildman–Crippen LogP) is 1.85. The second-order valence-electron chi connectivity index (χ2n) is 7.48. The molecule has 1 aromatic carbocycles. The van der Waals surface area contributed by atoms with Gasteiger partial charge in [-0.25, -0.2) is 4.99 Å². The standard InChI is InChI=1S/C21H21N7O2/c1-12(13-7-8-13)23-20-26-18-15(9-14-10-17(29)25-19(14)30)11-22-28(18)21(27-20)24-16-5-3-2-4-6-16/h2-6,9-13,25,29-30H,7-8H2,1H3,(H,23,24,27). The van der Waals surface area contributed by atoms with Crippen LogP contribution in [0.3, 0.4) is 0 Å². The zero-order chi connectivity index (χ0) is 20.7. The maximum Gasteiger partial charge on any atom is 0.250 e. The Kier molecular flexibility index (Phi) is 4.35. The van der Waals surface area contributed by atoms with Gasteiger partial charge in [-0.05, 0) is 43.9 Å². The molecule has 0 saturated heterocycles. The molecule has 9 nitrogen and oxygen atoms in total. The quantitative estimate of drug-likeness (QED) is 0.403. The summed E-state index contributed by atoms with van der Waals surface area (Å²) >= 11 is 0. The highest BCUT2D eigenvalue weighted by atomic mass is 16.3. The molecule has 0 bridgehead atoms. The van der Waals surface area contributed by atoms with Crippen LogP contribution >= 0.6 is 0 Å². The van der Waals surface area contributed by atoms with Crippen LogP contribution in [0.2, 0.25) is 0 Å². The number of H-pyrrole nitrogens is 1. The number of anilines is 2. The smallest absolute Gasteiger partial charge is 0.250 e. The number of aromatic nitrogens is 5. The van der Waals surface area contributed by atoms with E-state index < -0.39 is 0 Å². The number of fused-ring (bicyclic) bond motifs is 1. The Morgan fingerprint density at radius 1 is 1.23 bits per heavy atom. The fourth-order valence-electron chi connectivity index (χ4n) is 3.36. The van der Waals surface area contributed by atoms with Crippen molar-refractivity contribution in [1.82, 2.24) is 24.6 Å². The number of nitrogens with one attached hydrogen (secondary N) is 2. The number of nitrogens with zero attached hydrogens (tertiary/aromatic N) is 5. The third-order valence-electron chi connectivity index (χ3n) is 5.16. The maximum atomic E-state index is 9.96. The normalized spacial score (nSPS) is 16.3. The molecule has 0 spiro atoms. The van der Waals surface area contributed by atoms with Crippen LogP contribution in [0.25, 0.3) is 11.7 Å². The fourth-order valence-corrected chi connectivity index (χ4v) is 3.36. The lowest BCUT2D eigenvalue weighted by atomic mass is 10.2. The van der Waals surface area contributed by atoms with Crippen molar-refractivity contribution < 1.29 is 10.2 Å². The van der Waals surface area contributed by atoms with Gasteiger partial charge in [-0.3, -0.25) is 4.98 Å². The SMILES string of the molecule is CC(N=c1nc(Nc2ccccc2)n2ncc(=Cc3cc(O)[nH]c3O)c2n1)C1CC1. The number of para-hydroxylation sites is 1. The lowest BCUT2D eigenvalue weighted by molar-refractivity contribution is 0.425. The molecule has 5 rings (SSSR count). The van der Waals surface area contributed by atoms with E-state index in [2.05, 4.69) is 32.3 Å². The van der Waals surface area contributed by atoms with E-state index in [4.69, 9.17) is 4.99 Å². The third-order valence-corrected chi connectivity index (χ3v) is 5.16. The molecule has 9 heteroatoms. The number of aromatic hydroxyl groups is 2. The Bertz CT molecular complexity index is 1320. The van der Waals surface area contributed by atoms with Crippen molar-refractivity contribution in [1.29, 1.82) is 0 Å². The summed E-state index contributed by atoms with van der Waals surface area (Å²) in [6.45, 7) is 2.08. The Morgan fingerprint density at radius 2 is 2.03 bits per heavy atom. The van der Waals surface area contributed by atoms with Crippen molar-refractivity contribution in [3.05, 3.63) is 59.0 Å². The molecule has 0 radical (unpaired) electrons. The highest BCUT2D eigenvalue weighted by molar-refractivity contribution is 5.62. The van der Waals surface area contributed by atoms with Crippen LogP contribution < -0.4 is 16.2 Å². The molecule has 1 atom stereocenters. The van der Waals surface area contributed by atoms with Crippen molar-refractivity contribution in [2.45, 2.75) is 25.8 Å². The van der Waals surface area contributed by atoms with Crippen molar-refractivity contribution in [3.63, 3.8) is 0 Å². The van der Waals surface area contributed by atoms with E-state index in [1.807, 2.05) is 30.3 Å². The predicted molar refractivity (Wildman–Crippen MR) is 111 cm³/mol. The van der Waals surface area contributed by atoms with Gasteiger partial charge in [0, 0.05) is 22.5 Å². The summed E-state index contributed by atoms with van der Waals surface area (Å²) in [6, 6.07) is 11.3. The Hall–Kier alpha value is -3.88. The Morgan fingerprint density at radius 3 is 2.73 bits per heavy atom. The molecule has 1 saturated carbocycles. The van der Waals surface area contributed by atoms with E-state index in [0.717, 1.165) is 5.69 Å². The van der Waals surface area contributed by atoms with Gasteiger partial charge >= 0.3 is 0 Å². The average molecular weight is 403 g/mol. The molecule has 1 aliphatic carbocycles. The van der Waals surface area contributed by atoms with Crippen LogP contribution in [0.5, 0.6) is 11.8 Å². The van der Waals surface area contributed by atoms with Crippen LogP contribution in [0, 0.1) is 5.92 Å². The van der Waals surface area contributed by atoms with Gasteiger partial charge in [-0.1, -0.05) is 18.2 Å². The molecule has 1 fully saturated rings. The van der Waals surface area contributed by atoms with E-state index in [-0.39, 0.29) is 17.8 Å². The molecule has 1 aliphatic rings. The van der Waals surface area contributed by atoms with Crippen molar-refractivity contribution >= 4 is 23.4 Å². The van der Waals surface area contributed by atoms with Gasteiger partial charge in [0.15, 0.2) is 17.4 Å². The van der Waals surface area contributed by atoms with Gasteiger partial charge in [-0.2, -0.15) is 19.6 Å². The molecule has 3 aromatic heterocycles. The Labute approximate surface area is 171 Å². The molecule has 0 amide bonds. The second kappa shape index (κ2) is 7.18. The largest absolute Gasteiger partial charge is 0.494 e. The summed E-state index contributed by atoms with van der Waals surface area (Å²) in [4.78, 5) is 16.4. The van der Waals surface area contributed by atoms with Gasteiger partial charge in [-0.15, -0.1) is 0 Å². The van der Waals surface area contributed by atoms with Crippen molar-refractivity contribution in [2.75, 3.05) is 5.32 Å². The summed E-state index contributed by atoms with van der Waals surface area (Å²) in [5.74, 6) is 0.834. The lowest BCUT2D eigenvalue weighted by Gasteiger charge is -2.07. The van der Waals surface area contributed by atoms with Crippen LogP contribution in [0.15, 0.2) is 47.6 Å². The zero-order valence-corrected chi connectivity index (χ0v) is 16.3. The number of rotatable bonds is 5. The van der Waals surface area contributed by atoms with E-state index in [0.29, 0.717) is 33.9 Å². The molecule has 3 heterocycles. The molecule has 4 aromatic rings. The van der Waals surface area contributed by atoms with Crippen LogP contribution in [-0.2, 0) is 0 Å². The molecule has 152 valence electrons. The first-order valence-electron chi connectivity index (χ1n) is 9.81. The lowest BCUT2D eigenvalue weighted by Crippen LogP contribution is -2.23. The number of aromatic amines is 1. The van der Waals surface area contributed by atoms with Gasteiger partial charge in [0.25, 0.3) is 0 Å². The summed E-state index contributed by atoms with van der Waals surface area (Å²) in [5.41, 5.74) is 2.23. The highest BCUT2D eigenvalue weighted by Crippen LogP contribution is 2.33. The molecular formula is C21H21N7O2. The molecule has 4 N–H and O–H groups in total. The van der Waals surface area contributed by atoms with Crippen molar-refractivity contribution in [3.8, 4) is 11.8 Å². The van der Waals surface area contributed by atoms with Crippen LogP contribution in [-0.4, -0.2) is 40.8 Å². The Balaban J connectivity index is 1.68. The van der Waals surface area contributed by atoms with E-state index in [1.165, 1.54) is 18.9 Å². The van der Waals surface area contributed by atoms with Gasteiger partial charge in [0.2, 0.25) is 11.6 Å². The molecule has 1 unspecified atom stereocenters. The third kappa shape index (κ3) is 3.57. The number of benzene rings is 1. The monoisotopic (exact) mass is 403 g/mol.